The van der Waals surface area contributed by atoms with Gasteiger partial charge in [0.25, 0.3) is 0 Å². The minimum Gasteiger partial charge on any atom is -0.299 e. The zero-order valence-corrected chi connectivity index (χ0v) is 16.0. The molecule has 0 aliphatic rings. The van der Waals surface area contributed by atoms with Gasteiger partial charge in [0.15, 0.2) is 0 Å². The minimum atomic E-state index is 0.356. The zero-order chi connectivity index (χ0) is 16.6. The number of hydrogen-bond acceptors (Lipinski definition) is 1. The van der Waals surface area contributed by atoms with Gasteiger partial charge in [-0.2, -0.15) is 0 Å². The Labute approximate surface area is 140 Å². The molecule has 0 aromatic rings. The van der Waals surface area contributed by atoms with Crippen molar-refractivity contribution in [2.75, 3.05) is 0 Å². The third kappa shape index (κ3) is 10.4. The lowest BCUT2D eigenvalue weighted by Crippen LogP contribution is -2.24. The molecule has 0 bridgehead atoms. The molecular formula is C21H42O. The molecule has 0 aliphatic heterocycles. The van der Waals surface area contributed by atoms with Crippen molar-refractivity contribution in [1.29, 1.82) is 0 Å². The van der Waals surface area contributed by atoms with Crippen LogP contribution in [0.15, 0.2) is 0 Å². The Balaban J connectivity index is 4.57. The van der Waals surface area contributed by atoms with Crippen LogP contribution in [0.25, 0.3) is 0 Å². The lowest BCUT2D eigenvalue weighted by Gasteiger charge is -2.23. The van der Waals surface area contributed by atoms with E-state index in [9.17, 15) is 4.79 Å². The van der Waals surface area contributed by atoms with Crippen molar-refractivity contribution in [2.45, 2.75) is 118 Å². The van der Waals surface area contributed by atoms with Gasteiger partial charge < -0.3 is 0 Å². The average Bonchev–Trinajstić information content (AvgIpc) is 2.53. The third-order valence-corrected chi connectivity index (χ3v) is 4.93. The van der Waals surface area contributed by atoms with Crippen LogP contribution in [-0.4, -0.2) is 5.78 Å². The Kier molecular flexibility index (Phi) is 15.3. The summed E-state index contributed by atoms with van der Waals surface area (Å²) < 4.78 is 0. The van der Waals surface area contributed by atoms with E-state index in [1.807, 2.05) is 0 Å². The van der Waals surface area contributed by atoms with E-state index in [1.165, 1.54) is 64.2 Å². The highest BCUT2D eigenvalue weighted by atomic mass is 16.1. The summed E-state index contributed by atoms with van der Waals surface area (Å²) in [4.78, 5) is 13.0. The van der Waals surface area contributed by atoms with Gasteiger partial charge in [0.05, 0.1) is 0 Å². The van der Waals surface area contributed by atoms with Crippen LogP contribution >= 0.6 is 0 Å². The fraction of sp³-hybridized carbons (Fsp3) is 0.952. The van der Waals surface area contributed by atoms with Crippen LogP contribution in [0.2, 0.25) is 0 Å². The number of ketones is 1. The molecule has 0 fully saturated rings. The van der Waals surface area contributed by atoms with Crippen LogP contribution in [-0.2, 0) is 4.79 Å². The number of unbranched alkanes of at least 4 members (excludes halogenated alkanes) is 6. The minimum absolute atomic E-state index is 0.356. The van der Waals surface area contributed by atoms with Crippen molar-refractivity contribution >= 4 is 5.78 Å². The largest absolute Gasteiger partial charge is 0.299 e. The predicted molar refractivity (Wildman–Crippen MR) is 99.3 cm³/mol. The van der Waals surface area contributed by atoms with Crippen molar-refractivity contribution in [3.8, 4) is 0 Å². The highest BCUT2D eigenvalue weighted by Crippen LogP contribution is 2.27. The quantitative estimate of drug-likeness (QED) is 0.273. The topological polar surface area (TPSA) is 17.1 Å². The smallest absolute Gasteiger partial charge is 0.139 e. The maximum absolute atomic E-state index is 13.0. The molecule has 0 N–H and O–H groups in total. The highest BCUT2D eigenvalue weighted by Gasteiger charge is 2.25. The van der Waals surface area contributed by atoms with Gasteiger partial charge in [-0.3, -0.25) is 4.79 Å². The maximum atomic E-state index is 13.0. The molecule has 22 heavy (non-hydrogen) atoms. The van der Waals surface area contributed by atoms with E-state index in [0.717, 1.165) is 25.7 Å². The first-order valence-corrected chi connectivity index (χ1v) is 10.2. The summed E-state index contributed by atoms with van der Waals surface area (Å²) in [7, 11) is 0. The molecule has 0 spiro atoms. The molecule has 2 unspecified atom stereocenters. The van der Waals surface area contributed by atoms with E-state index in [0.29, 0.717) is 17.6 Å². The molecule has 132 valence electrons. The molecule has 0 aromatic heterocycles. The van der Waals surface area contributed by atoms with Gasteiger partial charge >= 0.3 is 0 Å². The van der Waals surface area contributed by atoms with Gasteiger partial charge in [-0.25, -0.2) is 0 Å². The van der Waals surface area contributed by atoms with Gasteiger partial charge in [0.2, 0.25) is 0 Å². The van der Waals surface area contributed by atoms with Gasteiger partial charge in [-0.1, -0.05) is 91.9 Å². The van der Waals surface area contributed by atoms with Gasteiger partial charge in [0.1, 0.15) is 5.78 Å². The van der Waals surface area contributed by atoms with Crippen molar-refractivity contribution in [1.82, 2.24) is 0 Å². The van der Waals surface area contributed by atoms with Gasteiger partial charge in [-0.15, -0.1) is 0 Å². The second-order valence-electron chi connectivity index (χ2n) is 7.07. The molecule has 0 rings (SSSR count). The summed E-state index contributed by atoms with van der Waals surface area (Å²) >= 11 is 0. The SMILES string of the molecule is CCCCCC(CCCC)C(=O)C(CCCC)CCCCC. The van der Waals surface area contributed by atoms with Crippen LogP contribution in [0, 0.1) is 11.8 Å². The lowest BCUT2D eigenvalue weighted by molar-refractivity contribution is -0.127. The van der Waals surface area contributed by atoms with Crippen LogP contribution < -0.4 is 0 Å². The second kappa shape index (κ2) is 15.6. The highest BCUT2D eigenvalue weighted by molar-refractivity contribution is 5.83. The normalized spacial score (nSPS) is 14.0. The Morgan fingerprint density at radius 3 is 1.18 bits per heavy atom. The molecule has 0 amide bonds. The van der Waals surface area contributed by atoms with E-state index >= 15 is 0 Å². The van der Waals surface area contributed by atoms with Crippen molar-refractivity contribution in [3.63, 3.8) is 0 Å². The first-order valence-electron chi connectivity index (χ1n) is 10.2. The third-order valence-electron chi connectivity index (χ3n) is 4.93. The molecule has 1 nitrogen and oxygen atoms in total. The van der Waals surface area contributed by atoms with Crippen molar-refractivity contribution in [2.24, 2.45) is 11.8 Å². The fourth-order valence-corrected chi connectivity index (χ4v) is 3.37. The molecular weight excluding hydrogens is 268 g/mol. The molecule has 1 heteroatoms. The summed E-state index contributed by atoms with van der Waals surface area (Å²) in [6.45, 7) is 8.97. The Morgan fingerprint density at radius 1 is 0.545 bits per heavy atom. The van der Waals surface area contributed by atoms with Crippen LogP contribution in [0.4, 0.5) is 0 Å². The average molecular weight is 311 g/mol. The summed E-state index contributed by atoms with van der Waals surface area (Å²) in [5.41, 5.74) is 0. The Bertz CT molecular complexity index is 222. The summed E-state index contributed by atoms with van der Waals surface area (Å²) in [5.74, 6) is 1.33. The second-order valence-corrected chi connectivity index (χ2v) is 7.07. The van der Waals surface area contributed by atoms with E-state index in [4.69, 9.17) is 0 Å². The van der Waals surface area contributed by atoms with E-state index in [1.54, 1.807) is 0 Å². The van der Waals surface area contributed by atoms with Crippen molar-refractivity contribution in [3.05, 3.63) is 0 Å². The zero-order valence-electron chi connectivity index (χ0n) is 16.0. The Morgan fingerprint density at radius 2 is 0.864 bits per heavy atom. The molecule has 0 saturated carbocycles. The number of hydrogen-bond donors (Lipinski definition) is 0. The monoisotopic (exact) mass is 310 g/mol. The summed E-state index contributed by atoms with van der Waals surface area (Å²) in [6, 6.07) is 0. The maximum Gasteiger partial charge on any atom is 0.139 e. The van der Waals surface area contributed by atoms with Gasteiger partial charge in [0, 0.05) is 11.8 Å². The summed E-state index contributed by atoms with van der Waals surface area (Å²) in [5, 5.41) is 0. The standard InChI is InChI=1S/C21H42O/c1-5-9-13-17-19(15-11-7-3)21(22)20(16-12-8-4)18-14-10-6-2/h19-20H,5-18H2,1-4H3. The van der Waals surface area contributed by atoms with Crippen LogP contribution in [0.1, 0.15) is 118 Å². The van der Waals surface area contributed by atoms with E-state index in [-0.39, 0.29) is 0 Å². The molecule has 0 radical (unpaired) electrons. The number of Topliss-reactive ketones (excluding diaryl/α,β-unsaturated/α-hetero) is 1. The first-order chi connectivity index (χ1) is 10.7. The lowest BCUT2D eigenvalue weighted by atomic mass is 9.81. The van der Waals surface area contributed by atoms with Gasteiger partial charge in [-0.05, 0) is 25.7 Å². The molecule has 0 aromatic carbocycles. The molecule has 0 heterocycles. The Hall–Kier alpha value is -0.330. The van der Waals surface area contributed by atoms with E-state index in [2.05, 4.69) is 27.7 Å². The van der Waals surface area contributed by atoms with Crippen LogP contribution in [0.5, 0.6) is 0 Å². The van der Waals surface area contributed by atoms with Crippen LogP contribution in [0.3, 0.4) is 0 Å². The fourth-order valence-electron chi connectivity index (χ4n) is 3.37. The number of carbonyl (C=O) groups is 1. The van der Waals surface area contributed by atoms with Crippen molar-refractivity contribution < 1.29 is 4.79 Å². The molecule has 2 atom stereocenters. The predicted octanol–water partition coefficient (Wildman–Crippen LogP) is 7.33. The summed E-state index contributed by atoms with van der Waals surface area (Å²) in [6.07, 6.45) is 17.0. The van der Waals surface area contributed by atoms with E-state index < -0.39 is 0 Å². The number of rotatable bonds is 16. The molecule has 0 aliphatic carbocycles. The number of carbonyl (C=O) groups excluding carboxylic acids is 1. The molecule has 0 saturated heterocycles. The first kappa shape index (κ1) is 21.7.